The van der Waals surface area contributed by atoms with Gasteiger partial charge >= 0.3 is 0 Å². The lowest BCUT2D eigenvalue weighted by atomic mass is 9.49. The summed E-state index contributed by atoms with van der Waals surface area (Å²) in [6.07, 6.45) is 12.6. The SMILES string of the molecule is C=C[C@]1(O)CC[C@H]2[C@H](CC[C@@H]3[C@@H]2CC[C@]2(C)[C@@H](C(C)O)CC[C@@H]32)C1. The standard InChI is InChI=1S/C22H36O2/c1-4-22(24)12-10-16-15(13-22)5-6-18-17(16)9-11-21(3)19(14(2)23)7-8-20(18)21/h4,14-20,23-24H,1,5-13H2,2-3H3/t14?,15-,16+,17-,18-,19-,20+,21-,22+/m1/s1. The van der Waals surface area contributed by atoms with Gasteiger partial charge in [0.1, 0.15) is 0 Å². The van der Waals surface area contributed by atoms with Gasteiger partial charge in [-0.15, -0.1) is 6.58 Å². The Bertz CT molecular complexity index is 500. The second-order valence-electron chi connectivity index (χ2n) is 9.95. The summed E-state index contributed by atoms with van der Waals surface area (Å²) in [5.74, 6) is 4.64. The van der Waals surface area contributed by atoms with Crippen molar-refractivity contribution in [3.63, 3.8) is 0 Å². The molecule has 0 amide bonds. The molecule has 2 heteroatoms. The van der Waals surface area contributed by atoms with E-state index in [1.54, 1.807) is 6.08 Å². The minimum Gasteiger partial charge on any atom is -0.393 e. The van der Waals surface area contributed by atoms with Crippen LogP contribution in [0, 0.1) is 40.9 Å². The molecule has 0 aromatic heterocycles. The molecule has 0 heterocycles. The lowest BCUT2D eigenvalue weighted by Crippen LogP contribution is -2.51. The molecule has 9 atom stereocenters. The van der Waals surface area contributed by atoms with E-state index in [-0.39, 0.29) is 6.10 Å². The van der Waals surface area contributed by atoms with Gasteiger partial charge in [-0.1, -0.05) is 13.0 Å². The monoisotopic (exact) mass is 332 g/mol. The summed E-state index contributed by atoms with van der Waals surface area (Å²) in [6, 6.07) is 0. The molecule has 136 valence electrons. The van der Waals surface area contributed by atoms with Gasteiger partial charge < -0.3 is 10.2 Å². The van der Waals surface area contributed by atoms with E-state index in [2.05, 4.69) is 13.5 Å². The molecule has 0 aromatic rings. The van der Waals surface area contributed by atoms with Gasteiger partial charge in [0, 0.05) is 0 Å². The van der Waals surface area contributed by atoms with E-state index in [0.29, 0.717) is 17.3 Å². The maximum atomic E-state index is 10.7. The molecule has 0 saturated heterocycles. The van der Waals surface area contributed by atoms with Gasteiger partial charge in [-0.3, -0.25) is 0 Å². The van der Waals surface area contributed by atoms with Crippen LogP contribution in [0.2, 0.25) is 0 Å². The average molecular weight is 333 g/mol. The summed E-state index contributed by atoms with van der Waals surface area (Å²) in [6.45, 7) is 8.38. The fourth-order valence-electron chi connectivity index (χ4n) is 7.93. The Morgan fingerprint density at radius 3 is 2.46 bits per heavy atom. The quantitative estimate of drug-likeness (QED) is 0.728. The highest BCUT2D eigenvalue weighted by Gasteiger charge is 2.58. The Morgan fingerprint density at radius 2 is 1.75 bits per heavy atom. The zero-order chi connectivity index (χ0) is 17.1. The van der Waals surface area contributed by atoms with Gasteiger partial charge in [0.25, 0.3) is 0 Å². The Morgan fingerprint density at radius 1 is 1.00 bits per heavy atom. The second kappa shape index (κ2) is 5.84. The molecule has 1 unspecified atom stereocenters. The van der Waals surface area contributed by atoms with E-state index in [4.69, 9.17) is 0 Å². The number of rotatable bonds is 2. The lowest BCUT2D eigenvalue weighted by Gasteiger charge is -2.57. The number of aliphatic hydroxyl groups is 2. The van der Waals surface area contributed by atoms with Crippen molar-refractivity contribution in [1.29, 1.82) is 0 Å². The highest BCUT2D eigenvalue weighted by Crippen LogP contribution is 2.65. The van der Waals surface area contributed by atoms with E-state index in [0.717, 1.165) is 36.5 Å². The molecule has 4 fully saturated rings. The van der Waals surface area contributed by atoms with Gasteiger partial charge in [0.15, 0.2) is 0 Å². The molecule has 2 N–H and O–H groups in total. The summed E-state index contributed by atoms with van der Waals surface area (Å²) >= 11 is 0. The van der Waals surface area contributed by atoms with E-state index >= 15 is 0 Å². The molecule has 4 saturated carbocycles. The van der Waals surface area contributed by atoms with E-state index in [9.17, 15) is 10.2 Å². The number of hydrogen-bond donors (Lipinski definition) is 2. The number of aliphatic hydroxyl groups excluding tert-OH is 1. The van der Waals surface area contributed by atoms with Crippen LogP contribution in [0.1, 0.15) is 71.6 Å². The number of fused-ring (bicyclic) bond motifs is 5. The first-order valence-electron chi connectivity index (χ1n) is 10.4. The van der Waals surface area contributed by atoms with Crippen LogP contribution in [-0.2, 0) is 0 Å². The zero-order valence-corrected chi connectivity index (χ0v) is 15.6. The highest BCUT2D eigenvalue weighted by molar-refractivity contribution is 5.09. The third-order valence-corrected chi connectivity index (χ3v) is 9.08. The van der Waals surface area contributed by atoms with Crippen molar-refractivity contribution in [1.82, 2.24) is 0 Å². The predicted molar refractivity (Wildman–Crippen MR) is 97.4 cm³/mol. The van der Waals surface area contributed by atoms with Crippen molar-refractivity contribution in [2.24, 2.45) is 40.9 Å². The largest absolute Gasteiger partial charge is 0.393 e. The zero-order valence-electron chi connectivity index (χ0n) is 15.6. The fraction of sp³-hybridized carbons (Fsp3) is 0.909. The summed E-state index contributed by atoms with van der Waals surface area (Å²) < 4.78 is 0. The molecule has 4 rings (SSSR count). The molecular weight excluding hydrogens is 296 g/mol. The van der Waals surface area contributed by atoms with Crippen LogP contribution in [0.5, 0.6) is 0 Å². The molecule has 24 heavy (non-hydrogen) atoms. The minimum atomic E-state index is -0.595. The molecular formula is C22H36O2. The molecule has 0 radical (unpaired) electrons. The van der Waals surface area contributed by atoms with Gasteiger partial charge in [-0.25, -0.2) is 0 Å². The van der Waals surface area contributed by atoms with Crippen molar-refractivity contribution >= 4 is 0 Å². The Hall–Kier alpha value is -0.340. The normalized spacial score (nSPS) is 55.2. The third-order valence-electron chi connectivity index (χ3n) is 9.08. The Balaban J connectivity index is 1.53. The molecule has 4 aliphatic carbocycles. The average Bonchev–Trinajstić information content (AvgIpc) is 2.91. The second-order valence-corrected chi connectivity index (χ2v) is 9.95. The van der Waals surface area contributed by atoms with E-state index in [1.807, 2.05) is 6.92 Å². The van der Waals surface area contributed by atoms with Crippen LogP contribution in [0.15, 0.2) is 12.7 Å². The molecule has 0 bridgehead atoms. The summed E-state index contributed by atoms with van der Waals surface area (Å²) in [5.41, 5.74) is -0.222. The summed E-state index contributed by atoms with van der Waals surface area (Å²) in [5, 5.41) is 20.9. The summed E-state index contributed by atoms with van der Waals surface area (Å²) in [7, 11) is 0. The van der Waals surface area contributed by atoms with Crippen molar-refractivity contribution in [3.05, 3.63) is 12.7 Å². The maximum Gasteiger partial charge on any atom is 0.0827 e. The Kier molecular flexibility index (Phi) is 4.16. The Labute approximate surface area is 147 Å². The first-order valence-corrected chi connectivity index (χ1v) is 10.4. The predicted octanol–water partition coefficient (Wildman–Crippen LogP) is 4.55. The fourth-order valence-corrected chi connectivity index (χ4v) is 7.93. The minimum absolute atomic E-state index is 0.148. The van der Waals surface area contributed by atoms with Crippen molar-refractivity contribution in [3.8, 4) is 0 Å². The van der Waals surface area contributed by atoms with Crippen LogP contribution >= 0.6 is 0 Å². The van der Waals surface area contributed by atoms with E-state index in [1.165, 1.54) is 44.9 Å². The third kappa shape index (κ3) is 2.43. The van der Waals surface area contributed by atoms with Crippen LogP contribution < -0.4 is 0 Å². The first kappa shape index (κ1) is 17.1. The van der Waals surface area contributed by atoms with Crippen molar-refractivity contribution < 1.29 is 10.2 Å². The van der Waals surface area contributed by atoms with Crippen molar-refractivity contribution in [2.75, 3.05) is 0 Å². The first-order chi connectivity index (χ1) is 11.4. The van der Waals surface area contributed by atoms with Gasteiger partial charge in [0.2, 0.25) is 0 Å². The smallest absolute Gasteiger partial charge is 0.0827 e. The van der Waals surface area contributed by atoms with E-state index < -0.39 is 5.60 Å². The molecule has 4 aliphatic rings. The number of hydrogen-bond acceptors (Lipinski definition) is 2. The highest BCUT2D eigenvalue weighted by atomic mass is 16.3. The summed E-state index contributed by atoms with van der Waals surface area (Å²) in [4.78, 5) is 0. The lowest BCUT2D eigenvalue weighted by molar-refractivity contribution is -0.1000. The van der Waals surface area contributed by atoms with Gasteiger partial charge in [-0.2, -0.15) is 0 Å². The van der Waals surface area contributed by atoms with Gasteiger partial charge in [0.05, 0.1) is 11.7 Å². The van der Waals surface area contributed by atoms with Crippen molar-refractivity contribution in [2.45, 2.75) is 83.3 Å². The topological polar surface area (TPSA) is 40.5 Å². The van der Waals surface area contributed by atoms with Crippen LogP contribution in [0.4, 0.5) is 0 Å². The molecule has 2 nitrogen and oxygen atoms in total. The van der Waals surface area contributed by atoms with Crippen LogP contribution in [0.25, 0.3) is 0 Å². The van der Waals surface area contributed by atoms with Gasteiger partial charge in [-0.05, 0) is 106 Å². The molecule has 0 aliphatic heterocycles. The van der Waals surface area contributed by atoms with Crippen LogP contribution in [0.3, 0.4) is 0 Å². The van der Waals surface area contributed by atoms with Crippen LogP contribution in [-0.4, -0.2) is 21.9 Å². The maximum absolute atomic E-state index is 10.7. The molecule has 0 spiro atoms. The molecule has 0 aromatic carbocycles.